The normalized spacial score (nSPS) is 12.3. The van der Waals surface area contributed by atoms with E-state index >= 15 is 0 Å². The summed E-state index contributed by atoms with van der Waals surface area (Å²) in [6.07, 6.45) is 0. The van der Waals surface area contributed by atoms with Gasteiger partial charge in [0.1, 0.15) is 5.75 Å². The molecule has 0 saturated carbocycles. The fraction of sp³-hybridized carbons (Fsp3) is 0.261. The van der Waals surface area contributed by atoms with Crippen molar-refractivity contribution in [3.8, 4) is 17.1 Å². The number of carbonyl (C=O) groups is 1. The van der Waals surface area contributed by atoms with E-state index in [1.165, 1.54) is 11.8 Å². The second-order valence-corrected chi connectivity index (χ2v) is 8.35. The number of nitrogens with zero attached hydrogens (tertiary/aromatic N) is 3. The number of aromatic nitrogens is 4. The van der Waals surface area contributed by atoms with Crippen molar-refractivity contribution >= 4 is 28.4 Å². The number of hydrogen-bond acceptors (Lipinski definition) is 5. The highest BCUT2D eigenvalue weighted by Crippen LogP contribution is 2.33. The number of hydrogen-bond donors (Lipinski definition) is 1. The SMILES string of the molecule is CCn1c(S[C@H](C)C(=O)c2c(C)[nH]c3ccccc23)nnc1-c1ccccc1OC. The molecule has 0 bridgehead atoms. The number of Topliss-reactive ketones (excluding diaryl/α,β-unsaturated/α-hetero) is 1. The van der Waals surface area contributed by atoms with E-state index in [0.717, 1.165) is 44.5 Å². The maximum atomic E-state index is 13.3. The molecule has 0 aliphatic carbocycles. The molecule has 0 unspecified atom stereocenters. The number of methoxy groups -OCH3 is 1. The Morgan fingerprint density at radius 3 is 2.67 bits per heavy atom. The monoisotopic (exact) mass is 420 g/mol. The smallest absolute Gasteiger partial charge is 0.192 e. The number of H-pyrrole nitrogens is 1. The Hall–Kier alpha value is -3.06. The molecule has 154 valence electrons. The van der Waals surface area contributed by atoms with E-state index in [-0.39, 0.29) is 11.0 Å². The molecule has 0 radical (unpaired) electrons. The molecule has 7 heteroatoms. The Morgan fingerprint density at radius 2 is 1.90 bits per heavy atom. The van der Waals surface area contributed by atoms with E-state index in [1.807, 2.05) is 73.9 Å². The van der Waals surface area contributed by atoms with Crippen molar-refractivity contribution in [1.29, 1.82) is 0 Å². The highest BCUT2D eigenvalue weighted by atomic mass is 32.2. The van der Waals surface area contributed by atoms with Gasteiger partial charge in [-0.3, -0.25) is 4.79 Å². The summed E-state index contributed by atoms with van der Waals surface area (Å²) >= 11 is 1.43. The third kappa shape index (κ3) is 3.50. The van der Waals surface area contributed by atoms with E-state index in [0.29, 0.717) is 6.54 Å². The van der Waals surface area contributed by atoms with Crippen LogP contribution in [0.2, 0.25) is 0 Å². The van der Waals surface area contributed by atoms with Gasteiger partial charge in [-0.25, -0.2) is 0 Å². The van der Waals surface area contributed by atoms with Crippen LogP contribution in [0.5, 0.6) is 5.75 Å². The molecule has 0 saturated heterocycles. The third-order valence-corrected chi connectivity index (χ3v) is 6.25. The molecule has 4 rings (SSSR count). The predicted molar refractivity (Wildman–Crippen MR) is 120 cm³/mol. The number of fused-ring (bicyclic) bond motifs is 1. The highest BCUT2D eigenvalue weighted by molar-refractivity contribution is 8.00. The van der Waals surface area contributed by atoms with Gasteiger partial charge in [0.05, 0.1) is 17.9 Å². The molecular formula is C23H24N4O2S. The molecule has 0 aliphatic heterocycles. The Balaban J connectivity index is 1.65. The summed E-state index contributed by atoms with van der Waals surface area (Å²) in [5.41, 5.74) is 3.50. The summed E-state index contributed by atoms with van der Waals surface area (Å²) in [5.74, 6) is 1.56. The number of aryl methyl sites for hydroxylation is 1. The van der Waals surface area contributed by atoms with Gasteiger partial charge in [0.2, 0.25) is 0 Å². The van der Waals surface area contributed by atoms with Gasteiger partial charge in [-0.2, -0.15) is 0 Å². The minimum Gasteiger partial charge on any atom is -0.496 e. The first-order valence-corrected chi connectivity index (χ1v) is 10.8. The van der Waals surface area contributed by atoms with Gasteiger partial charge in [-0.1, -0.05) is 42.1 Å². The predicted octanol–water partition coefficient (Wildman–Crippen LogP) is 5.13. The van der Waals surface area contributed by atoms with Gasteiger partial charge in [0.25, 0.3) is 0 Å². The maximum Gasteiger partial charge on any atom is 0.192 e. The summed E-state index contributed by atoms with van der Waals surface area (Å²) in [4.78, 5) is 16.6. The molecule has 1 N–H and O–H groups in total. The highest BCUT2D eigenvalue weighted by Gasteiger charge is 2.25. The van der Waals surface area contributed by atoms with E-state index in [2.05, 4.69) is 15.2 Å². The van der Waals surface area contributed by atoms with Crippen molar-refractivity contribution in [1.82, 2.24) is 19.7 Å². The maximum absolute atomic E-state index is 13.3. The first-order chi connectivity index (χ1) is 14.5. The molecule has 0 amide bonds. The van der Waals surface area contributed by atoms with Crippen molar-refractivity contribution in [2.75, 3.05) is 7.11 Å². The van der Waals surface area contributed by atoms with Crippen molar-refractivity contribution < 1.29 is 9.53 Å². The molecule has 0 spiro atoms. The Bertz CT molecular complexity index is 1210. The van der Waals surface area contributed by atoms with Gasteiger partial charge in [-0.15, -0.1) is 10.2 Å². The van der Waals surface area contributed by atoms with Crippen LogP contribution in [0, 0.1) is 6.92 Å². The number of ketones is 1. The second-order valence-electron chi connectivity index (χ2n) is 7.05. The van der Waals surface area contributed by atoms with Gasteiger partial charge >= 0.3 is 0 Å². The standard InChI is InChI=1S/C23H24N4O2S/c1-5-27-22(17-11-7-9-13-19(17)29-4)25-26-23(27)30-15(3)21(28)20-14(2)24-18-12-8-6-10-16(18)20/h6-13,15,24H,5H2,1-4H3/t15-/m1/s1. The van der Waals surface area contributed by atoms with Crippen molar-refractivity contribution in [3.63, 3.8) is 0 Å². The van der Waals surface area contributed by atoms with E-state index in [4.69, 9.17) is 4.74 Å². The summed E-state index contributed by atoms with van der Waals surface area (Å²) < 4.78 is 7.51. The first kappa shape index (κ1) is 20.2. The number of carbonyl (C=O) groups excluding carboxylic acids is 1. The molecule has 2 aromatic heterocycles. The summed E-state index contributed by atoms with van der Waals surface area (Å²) in [6.45, 7) is 6.60. The molecule has 0 aliphatic rings. The summed E-state index contributed by atoms with van der Waals surface area (Å²) in [6, 6.07) is 15.6. The summed E-state index contributed by atoms with van der Waals surface area (Å²) in [7, 11) is 1.64. The zero-order valence-electron chi connectivity index (χ0n) is 17.5. The van der Waals surface area contributed by atoms with Crippen LogP contribution in [0.3, 0.4) is 0 Å². The van der Waals surface area contributed by atoms with E-state index < -0.39 is 0 Å². The molecule has 6 nitrogen and oxygen atoms in total. The Kier molecular flexibility index (Phi) is 5.63. The molecule has 30 heavy (non-hydrogen) atoms. The summed E-state index contributed by atoms with van der Waals surface area (Å²) in [5, 5.41) is 10.2. The van der Waals surface area contributed by atoms with Crippen molar-refractivity contribution in [2.45, 2.75) is 37.7 Å². The van der Waals surface area contributed by atoms with Gasteiger partial charge < -0.3 is 14.3 Å². The largest absolute Gasteiger partial charge is 0.496 e. The minimum atomic E-state index is -0.303. The van der Waals surface area contributed by atoms with E-state index in [9.17, 15) is 4.79 Å². The number of aromatic amines is 1. The van der Waals surface area contributed by atoms with Gasteiger partial charge in [-0.05, 0) is 39.0 Å². The van der Waals surface area contributed by atoms with Crippen LogP contribution in [0.1, 0.15) is 29.9 Å². The van der Waals surface area contributed by atoms with Gasteiger partial charge in [0, 0.05) is 28.7 Å². The van der Waals surface area contributed by atoms with Crippen molar-refractivity contribution in [2.24, 2.45) is 0 Å². The van der Waals surface area contributed by atoms with Crippen LogP contribution in [-0.2, 0) is 6.54 Å². The van der Waals surface area contributed by atoms with Crippen LogP contribution in [0.25, 0.3) is 22.3 Å². The van der Waals surface area contributed by atoms with Crippen molar-refractivity contribution in [3.05, 3.63) is 59.8 Å². The lowest BCUT2D eigenvalue weighted by Crippen LogP contribution is -2.15. The lowest BCUT2D eigenvalue weighted by molar-refractivity contribution is 0.0995. The molecule has 2 aromatic carbocycles. The molecule has 1 atom stereocenters. The fourth-order valence-electron chi connectivity index (χ4n) is 3.70. The minimum absolute atomic E-state index is 0.0828. The zero-order valence-corrected chi connectivity index (χ0v) is 18.3. The van der Waals surface area contributed by atoms with E-state index in [1.54, 1.807) is 7.11 Å². The average molecular weight is 421 g/mol. The fourth-order valence-corrected chi connectivity index (χ4v) is 4.67. The second kappa shape index (κ2) is 8.36. The number of para-hydroxylation sites is 2. The topological polar surface area (TPSA) is 72.8 Å². The first-order valence-electron chi connectivity index (χ1n) is 9.89. The lowest BCUT2D eigenvalue weighted by Gasteiger charge is -2.13. The van der Waals surface area contributed by atoms with Crippen LogP contribution >= 0.6 is 11.8 Å². The number of ether oxygens (including phenoxy) is 1. The zero-order chi connectivity index (χ0) is 21.3. The van der Waals surface area contributed by atoms with Crippen LogP contribution in [-0.4, -0.2) is 37.9 Å². The molecule has 4 aromatic rings. The third-order valence-electron chi connectivity index (χ3n) is 5.17. The quantitative estimate of drug-likeness (QED) is 0.332. The number of thioether (sulfide) groups is 1. The van der Waals surface area contributed by atoms with Gasteiger partial charge in [0.15, 0.2) is 16.8 Å². The number of nitrogens with one attached hydrogen (secondary N) is 1. The molecule has 2 heterocycles. The van der Waals surface area contributed by atoms with Crippen LogP contribution in [0.4, 0.5) is 0 Å². The average Bonchev–Trinajstić information content (AvgIpc) is 3.32. The number of rotatable bonds is 7. The van der Waals surface area contributed by atoms with Crippen LogP contribution < -0.4 is 4.74 Å². The lowest BCUT2D eigenvalue weighted by atomic mass is 10.1. The number of benzene rings is 2. The Morgan fingerprint density at radius 1 is 1.17 bits per heavy atom. The molecule has 0 fully saturated rings. The molecular weight excluding hydrogens is 396 g/mol. The Labute approximate surface area is 179 Å². The van der Waals surface area contributed by atoms with Crippen LogP contribution in [0.15, 0.2) is 53.7 Å².